The first-order valence-electron chi connectivity index (χ1n) is 15.5. The predicted molar refractivity (Wildman–Crippen MR) is 180 cm³/mol. The zero-order valence-corrected chi connectivity index (χ0v) is 28.6. The lowest BCUT2D eigenvalue weighted by molar-refractivity contribution is -0.137. The summed E-state index contributed by atoms with van der Waals surface area (Å²) < 4.78 is 87.8. The highest BCUT2D eigenvalue weighted by Crippen LogP contribution is 2.38. The minimum Gasteiger partial charge on any atom is -0.444 e. The Morgan fingerprint density at radius 1 is 0.706 bits per heavy atom. The number of halogens is 6. The average Bonchev–Trinajstić information content (AvgIpc) is 3.50. The summed E-state index contributed by atoms with van der Waals surface area (Å²) in [5.41, 5.74) is 7.33. The zero-order chi connectivity index (χ0) is 37.6. The van der Waals surface area contributed by atoms with Crippen molar-refractivity contribution in [2.45, 2.75) is 66.4 Å². The van der Waals surface area contributed by atoms with E-state index in [-0.39, 0.29) is 28.3 Å². The molecule has 4 aromatic heterocycles. The van der Waals surface area contributed by atoms with Gasteiger partial charge in [-0.25, -0.2) is 14.8 Å². The number of imidazole rings is 2. The lowest BCUT2D eigenvalue weighted by Crippen LogP contribution is -2.28. The summed E-state index contributed by atoms with van der Waals surface area (Å²) >= 11 is 0. The number of hydrogen-bond donors (Lipinski definition) is 2. The number of nitrogens with one attached hydrogen (secondary N) is 1. The molecule has 6 aromatic rings. The van der Waals surface area contributed by atoms with Crippen molar-refractivity contribution in [2.75, 3.05) is 11.1 Å². The highest BCUT2D eigenvalue weighted by Gasteiger charge is 2.35. The number of nitrogens with two attached hydrogens (primary N) is 1. The van der Waals surface area contributed by atoms with E-state index in [2.05, 4.69) is 25.5 Å². The molecule has 16 heteroatoms. The van der Waals surface area contributed by atoms with E-state index in [0.717, 1.165) is 12.1 Å². The van der Waals surface area contributed by atoms with Gasteiger partial charge >= 0.3 is 18.4 Å². The first kappa shape index (κ1) is 36.6. The summed E-state index contributed by atoms with van der Waals surface area (Å²) in [5.74, 6) is 0.563. The zero-order valence-electron chi connectivity index (χ0n) is 28.6. The molecule has 0 aliphatic rings. The van der Waals surface area contributed by atoms with E-state index in [1.165, 1.54) is 39.4 Å². The fourth-order valence-corrected chi connectivity index (χ4v) is 5.28. The third-order valence-corrected chi connectivity index (χ3v) is 7.57. The van der Waals surface area contributed by atoms with Gasteiger partial charge in [-0.1, -0.05) is 36.4 Å². The van der Waals surface area contributed by atoms with Gasteiger partial charge in [-0.2, -0.15) is 45.6 Å². The number of rotatable bonds is 3. The van der Waals surface area contributed by atoms with Gasteiger partial charge in [0.2, 0.25) is 0 Å². The van der Waals surface area contributed by atoms with E-state index in [4.69, 9.17) is 10.5 Å². The molecule has 51 heavy (non-hydrogen) atoms. The van der Waals surface area contributed by atoms with Gasteiger partial charge in [0.05, 0.1) is 33.9 Å². The van der Waals surface area contributed by atoms with Crippen molar-refractivity contribution in [3.8, 4) is 22.5 Å². The molecule has 0 atom stereocenters. The lowest BCUT2D eigenvalue weighted by atomic mass is 10.0. The summed E-state index contributed by atoms with van der Waals surface area (Å²) in [6.07, 6.45) is -9.68. The number of benzene rings is 2. The van der Waals surface area contributed by atoms with Gasteiger partial charge < -0.3 is 10.5 Å². The van der Waals surface area contributed by atoms with Crippen LogP contribution >= 0.6 is 0 Å². The van der Waals surface area contributed by atoms with Crippen LogP contribution in [0.3, 0.4) is 0 Å². The van der Waals surface area contributed by atoms with E-state index in [9.17, 15) is 31.1 Å². The molecule has 4 heterocycles. The van der Waals surface area contributed by atoms with Gasteiger partial charge in [0, 0.05) is 11.1 Å². The van der Waals surface area contributed by atoms with Crippen LogP contribution in [0.4, 0.5) is 42.8 Å². The molecule has 0 bridgehead atoms. The molecule has 0 saturated carbocycles. The van der Waals surface area contributed by atoms with E-state index >= 15 is 0 Å². The van der Waals surface area contributed by atoms with Crippen molar-refractivity contribution in [1.29, 1.82) is 0 Å². The predicted octanol–water partition coefficient (Wildman–Crippen LogP) is 8.99. The fraction of sp³-hybridized carbons (Fsp3) is 0.286. The van der Waals surface area contributed by atoms with Crippen LogP contribution in [0.2, 0.25) is 0 Å². The number of fused-ring (bicyclic) bond motifs is 2. The molecule has 2 aromatic carbocycles. The average molecular weight is 713 g/mol. The monoisotopic (exact) mass is 712 g/mol. The van der Waals surface area contributed by atoms with Gasteiger partial charge in [-0.05, 0) is 83.9 Å². The van der Waals surface area contributed by atoms with Crippen LogP contribution in [0.15, 0.2) is 60.7 Å². The fourth-order valence-electron chi connectivity index (χ4n) is 5.28. The normalized spacial score (nSPS) is 12.2. The van der Waals surface area contributed by atoms with Crippen molar-refractivity contribution in [3.05, 3.63) is 94.3 Å². The van der Waals surface area contributed by atoms with Crippen LogP contribution in [0.1, 0.15) is 54.4 Å². The Morgan fingerprint density at radius 2 is 1.14 bits per heavy atom. The SMILES string of the molecule is Cc1nc2c(C)cc(-c3ccccc3C(F)(F)F)nn2c1N.Cc1nc2c(C)cc(-c3ccccc3C(F)(F)F)nn2c1NC(=O)OC(C)(C)C. The molecule has 0 saturated heterocycles. The molecular formula is C35H34F6N8O2. The molecule has 1 amide bonds. The van der Waals surface area contributed by atoms with Gasteiger partial charge in [0.1, 0.15) is 11.4 Å². The smallest absolute Gasteiger partial charge is 0.417 e. The number of alkyl halides is 6. The van der Waals surface area contributed by atoms with E-state index in [1.807, 2.05) is 0 Å². The van der Waals surface area contributed by atoms with Crippen molar-refractivity contribution in [1.82, 2.24) is 29.2 Å². The topological polar surface area (TPSA) is 125 Å². The summed E-state index contributed by atoms with van der Waals surface area (Å²) in [5, 5.41) is 11.2. The van der Waals surface area contributed by atoms with Crippen molar-refractivity contribution in [3.63, 3.8) is 0 Å². The summed E-state index contributed by atoms with van der Waals surface area (Å²) in [4.78, 5) is 20.8. The van der Waals surface area contributed by atoms with Gasteiger partial charge in [-0.3, -0.25) is 5.32 Å². The molecule has 3 N–H and O–H groups in total. The third-order valence-electron chi connectivity index (χ3n) is 7.57. The summed E-state index contributed by atoms with van der Waals surface area (Å²) in [6.45, 7) is 12.1. The van der Waals surface area contributed by atoms with Gasteiger partial charge in [0.15, 0.2) is 17.1 Å². The van der Waals surface area contributed by atoms with E-state index in [1.54, 1.807) is 66.7 Å². The first-order valence-corrected chi connectivity index (χ1v) is 15.5. The van der Waals surface area contributed by atoms with E-state index < -0.39 is 35.2 Å². The van der Waals surface area contributed by atoms with Crippen molar-refractivity contribution < 1.29 is 35.9 Å². The molecule has 0 radical (unpaired) electrons. The summed E-state index contributed by atoms with van der Waals surface area (Å²) in [7, 11) is 0. The molecule has 6 rings (SSSR count). The number of hydrogen-bond acceptors (Lipinski definition) is 7. The summed E-state index contributed by atoms with van der Waals surface area (Å²) in [6, 6.07) is 13.7. The molecule has 0 fully saturated rings. The Kier molecular flexibility index (Phi) is 9.49. The Hall–Kier alpha value is -5.67. The van der Waals surface area contributed by atoms with Crippen LogP contribution in [0.5, 0.6) is 0 Å². The number of aryl methyl sites for hydroxylation is 4. The lowest BCUT2D eigenvalue weighted by Gasteiger charge is -2.19. The molecule has 0 aliphatic carbocycles. The van der Waals surface area contributed by atoms with Crippen molar-refractivity contribution in [2.24, 2.45) is 0 Å². The Morgan fingerprint density at radius 3 is 1.61 bits per heavy atom. The maximum Gasteiger partial charge on any atom is 0.417 e. The van der Waals surface area contributed by atoms with Crippen LogP contribution in [0.25, 0.3) is 33.8 Å². The molecule has 10 nitrogen and oxygen atoms in total. The van der Waals surface area contributed by atoms with Crippen LogP contribution in [-0.4, -0.2) is 40.9 Å². The quantitative estimate of drug-likeness (QED) is 0.176. The minimum absolute atomic E-state index is 0.0192. The second kappa shape index (κ2) is 13.2. The Bertz CT molecular complexity index is 2270. The first-order chi connectivity index (χ1) is 23.7. The maximum atomic E-state index is 13.4. The second-order valence-corrected chi connectivity index (χ2v) is 12.7. The van der Waals surface area contributed by atoms with Gasteiger partial charge in [-0.15, -0.1) is 0 Å². The Labute approximate surface area is 288 Å². The highest BCUT2D eigenvalue weighted by molar-refractivity contribution is 5.85. The standard InChI is InChI=1S/C20H21F3N4O2.C15H13F3N4/c1-11-10-15(13-8-6-7-9-14(13)20(21,22)23)26-27-16(11)24-12(2)17(27)25-18(28)29-19(3,4)5;1-8-7-12(21-22-13(19)9(2)20-14(8)22)10-5-3-4-6-11(10)15(16,17)18/h6-10H,1-5H3,(H,25,28);3-7H,19H2,1-2H3. The minimum atomic E-state index is -4.52. The number of carbonyl (C=O) groups is 1. The molecule has 0 spiro atoms. The van der Waals surface area contributed by atoms with E-state index in [0.29, 0.717) is 39.6 Å². The number of nitrogen functional groups attached to an aromatic ring is 1. The number of aromatic nitrogens is 6. The number of carbonyl (C=O) groups excluding carboxylic acids is 1. The van der Waals surface area contributed by atoms with Crippen LogP contribution in [-0.2, 0) is 17.1 Å². The molecule has 0 unspecified atom stereocenters. The largest absolute Gasteiger partial charge is 0.444 e. The van der Waals surface area contributed by atoms with Crippen LogP contribution in [0, 0.1) is 27.7 Å². The molecular weight excluding hydrogens is 678 g/mol. The maximum absolute atomic E-state index is 13.4. The third kappa shape index (κ3) is 7.74. The highest BCUT2D eigenvalue weighted by atomic mass is 19.4. The number of nitrogens with zero attached hydrogens (tertiary/aromatic N) is 6. The van der Waals surface area contributed by atoms with Crippen molar-refractivity contribution >= 4 is 29.0 Å². The Balaban J connectivity index is 0.000000205. The van der Waals surface area contributed by atoms with Gasteiger partial charge in [0.25, 0.3) is 0 Å². The molecule has 0 aliphatic heterocycles. The second-order valence-electron chi connectivity index (χ2n) is 12.7. The molecule has 268 valence electrons. The number of anilines is 2. The number of amides is 1. The number of ether oxygens (including phenoxy) is 1. The van der Waals surface area contributed by atoms with Crippen LogP contribution < -0.4 is 11.1 Å².